The van der Waals surface area contributed by atoms with Crippen LogP contribution in [0, 0.1) is 5.92 Å². The molecule has 2 aromatic carbocycles. The highest BCUT2D eigenvalue weighted by atomic mass is 16.2. The molecule has 4 rings (SSSR count). The van der Waals surface area contributed by atoms with Gasteiger partial charge in [0.05, 0.1) is 17.4 Å². The molecule has 1 atom stereocenters. The number of carbonyl (C=O) groups excluding carboxylic acids is 1. The monoisotopic (exact) mass is 331 g/mol. The van der Waals surface area contributed by atoms with Gasteiger partial charge in [-0.3, -0.25) is 4.79 Å². The molecule has 1 amide bonds. The Hall–Kier alpha value is -2.88. The molecule has 0 spiro atoms. The van der Waals surface area contributed by atoms with Gasteiger partial charge < -0.3 is 5.32 Å². The number of carbonyl (C=O) groups is 1. The van der Waals surface area contributed by atoms with E-state index in [4.69, 9.17) is 0 Å². The van der Waals surface area contributed by atoms with E-state index < -0.39 is 0 Å². The van der Waals surface area contributed by atoms with Gasteiger partial charge in [0.25, 0.3) is 5.91 Å². The molecule has 4 heteroatoms. The van der Waals surface area contributed by atoms with Gasteiger partial charge in [0.1, 0.15) is 0 Å². The zero-order valence-electron chi connectivity index (χ0n) is 14.4. The Morgan fingerprint density at radius 3 is 2.32 bits per heavy atom. The molecule has 1 aromatic heterocycles. The largest absolute Gasteiger partial charge is 0.340 e. The van der Waals surface area contributed by atoms with Crippen molar-refractivity contribution in [3.8, 4) is 5.69 Å². The molecule has 1 unspecified atom stereocenters. The number of benzene rings is 2. The zero-order valence-corrected chi connectivity index (χ0v) is 14.4. The van der Waals surface area contributed by atoms with E-state index in [2.05, 4.69) is 36.4 Å². The van der Waals surface area contributed by atoms with Gasteiger partial charge in [-0.15, -0.1) is 0 Å². The summed E-state index contributed by atoms with van der Waals surface area (Å²) >= 11 is 0. The first-order valence-electron chi connectivity index (χ1n) is 8.68. The highest BCUT2D eigenvalue weighted by molar-refractivity contribution is 5.98. The third-order valence-electron chi connectivity index (χ3n) is 4.54. The molecule has 0 saturated heterocycles. The second-order valence-electron chi connectivity index (χ2n) is 6.87. The second-order valence-corrected chi connectivity index (χ2v) is 6.87. The van der Waals surface area contributed by atoms with Gasteiger partial charge in [-0.2, -0.15) is 5.10 Å². The van der Waals surface area contributed by atoms with E-state index in [-0.39, 0.29) is 11.9 Å². The summed E-state index contributed by atoms with van der Waals surface area (Å²) in [4.78, 5) is 12.5. The number of rotatable bonds is 4. The predicted octanol–water partition coefficient (Wildman–Crippen LogP) is 3.90. The van der Waals surface area contributed by atoms with Crippen LogP contribution in [0.2, 0.25) is 0 Å². The molecule has 1 aliphatic rings. The lowest BCUT2D eigenvalue weighted by Crippen LogP contribution is -2.23. The lowest BCUT2D eigenvalue weighted by atomic mass is 9.96. The number of amides is 1. The zero-order chi connectivity index (χ0) is 17.4. The average Bonchev–Trinajstić information content (AvgIpc) is 3.15. The molecule has 1 N–H and O–H groups in total. The topological polar surface area (TPSA) is 46.9 Å². The Morgan fingerprint density at radius 1 is 1.04 bits per heavy atom. The van der Waals surface area contributed by atoms with Crippen LogP contribution in [0.1, 0.15) is 47.2 Å². The molecule has 1 aliphatic heterocycles. The van der Waals surface area contributed by atoms with Crippen molar-refractivity contribution in [2.45, 2.75) is 26.3 Å². The standard InChI is InChI=1S/C21H21N3O/c1-14(2)13-17-18-19(15-9-5-3-6-10-15)22-21(25)20(18)23-24(17)16-11-7-4-8-12-16/h3-12,14,19H,13H2,1-2H3,(H,22,25). The Morgan fingerprint density at radius 2 is 1.68 bits per heavy atom. The number of aromatic nitrogens is 2. The predicted molar refractivity (Wildman–Crippen MR) is 97.9 cm³/mol. The molecule has 3 aromatic rings. The van der Waals surface area contributed by atoms with Crippen molar-refractivity contribution >= 4 is 5.91 Å². The number of hydrogen-bond acceptors (Lipinski definition) is 2. The normalized spacial score (nSPS) is 16.1. The van der Waals surface area contributed by atoms with Crippen LogP contribution in [0.15, 0.2) is 60.7 Å². The number of para-hydroxylation sites is 1. The second kappa shape index (κ2) is 6.20. The summed E-state index contributed by atoms with van der Waals surface area (Å²) in [5, 5.41) is 7.77. The van der Waals surface area contributed by atoms with Gasteiger partial charge in [0, 0.05) is 5.56 Å². The molecular weight excluding hydrogens is 310 g/mol. The van der Waals surface area contributed by atoms with Gasteiger partial charge in [-0.25, -0.2) is 4.68 Å². The lowest BCUT2D eigenvalue weighted by Gasteiger charge is -2.17. The van der Waals surface area contributed by atoms with E-state index in [9.17, 15) is 4.79 Å². The summed E-state index contributed by atoms with van der Waals surface area (Å²) in [5.41, 5.74) is 4.77. The number of nitrogens with zero attached hydrogens (tertiary/aromatic N) is 2. The molecule has 0 aliphatic carbocycles. The quantitative estimate of drug-likeness (QED) is 0.788. The minimum atomic E-state index is -0.130. The molecule has 0 fully saturated rings. The maximum absolute atomic E-state index is 12.5. The third kappa shape index (κ3) is 2.74. The highest BCUT2D eigenvalue weighted by Crippen LogP contribution is 2.35. The summed E-state index contributed by atoms with van der Waals surface area (Å²) in [7, 11) is 0. The van der Waals surface area contributed by atoms with E-state index in [1.54, 1.807) is 0 Å². The molecule has 126 valence electrons. The molecule has 0 saturated carbocycles. The SMILES string of the molecule is CC(C)Cc1c2c(nn1-c1ccccc1)C(=O)NC2c1ccccc1. The maximum Gasteiger partial charge on any atom is 0.272 e. The van der Waals surface area contributed by atoms with Crippen LogP contribution in [-0.4, -0.2) is 15.7 Å². The molecule has 4 nitrogen and oxygen atoms in total. The molecular formula is C21H21N3O. The van der Waals surface area contributed by atoms with Crippen LogP contribution in [-0.2, 0) is 6.42 Å². The van der Waals surface area contributed by atoms with Gasteiger partial charge in [0.15, 0.2) is 5.69 Å². The van der Waals surface area contributed by atoms with Crippen LogP contribution in [0.5, 0.6) is 0 Å². The Balaban J connectivity index is 1.90. The highest BCUT2D eigenvalue weighted by Gasteiger charge is 2.37. The van der Waals surface area contributed by atoms with Crippen LogP contribution in [0.3, 0.4) is 0 Å². The first kappa shape index (κ1) is 15.6. The minimum absolute atomic E-state index is 0.0939. The third-order valence-corrected chi connectivity index (χ3v) is 4.54. The van der Waals surface area contributed by atoms with Crippen molar-refractivity contribution < 1.29 is 4.79 Å². The van der Waals surface area contributed by atoms with Crippen molar-refractivity contribution in [3.05, 3.63) is 83.2 Å². The average molecular weight is 331 g/mol. The smallest absolute Gasteiger partial charge is 0.272 e. The molecule has 2 heterocycles. The first-order chi connectivity index (χ1) is 12.1. The van der Waals surface area contributed by atoms with Crippen LogP contribution in [0.25, 0.3) is 5.69 Å². The molecule has 25 heavy (non-hydrogen) atoms. The van der Waals surface area contributed by atoms with Gasteiger partial charge in [-0.1, -0.05) is 62.4 Å². The fourth-order valence-electron chi connectivity index (χ4n) is 3.47. The van der Waals surface area contributed by atoms with Gasteiger partial charge in [-0.05, 0) is 30.0 Å². The summed E-state index contributed by atoms with van der Waals surface area (Å²) in [6.07, 6.45) is 0.871. The van der Waals surface area contributed by atoms with Crippen molar-refractivity contribution in [1.82, 2.24) is 15.1 Å². The fourth-order valence-corrected chi connectivity index (χ4v) is 3.47. The van der Waals surface area contributed by atoms with Crippen LogP contribution < -0.4 is 5.32 Å². The Kier molecular flexibility index (Phi) is 3.88. The van der Waals surface area contributed by atoms with Crippen molar-refractivity contribution in [3.63, 3.8) is 0 Å². The fraction of sp³-hybridized carbons (Fsp3) is 0.238. The van der Waals surface area contributed by atoms with E-state index in [1.807, 2.05) is 53.2 Å². The molecule has 0 bridgehead atoms. The summed E-state index contributed by atoms with van der Waals surface area (Å²) < 4.78 is 1.94. The summed E-state index contributed by atoms with van der Waals surface area (Å²) in [5.74, 6) is 0.374. The Bertz CT molecular complexity index is 898. The maximum atomic E-state index is 12.5. The van der Waals surface area contributed by atoms with Crippen molar-refractivity contribution in [2.24, 2.45) is 5.92 Å². The summed E-state index contributed by atoms with van der Waals surface area (Å²) in [6, 6.07) is 20.0. The van der Waals surface area contributed by atoms with E-state index in [0.29, 0.717) is 11.6 Å². The summed E-state index contributed by atoms with van der Waals surface area (Å²) in [6.45, 7) is 4.38. The van der Waals surface area contributed by atoms with Gasteiger partial charge >= 0.3 is 0 Å². The number of fused-ring (bicyclic) bond motifs is 1. The first-order valence-corrected chi connectivity index (χ1v) is 8.68. The van der Waals surface area contributed by atoms with Crippen LogP contribution >= 0.6 is 0 Å². The minimum Gasteiger partial charge on any atom is -0.340 e. The van der Waals surface area contributed by atoms with Crippen molar-refractivity contribution in [1.29, 1.82) is 0 Å². The number of nitrogens with one attached hydrogen (secondary N) is 1. The van der Waals surface area contributed by atoms with E-state index in [0.717, 1.165) is 28.9 Å². The van der Waals surface area contributed by atoms with E-state index in [1.165, 1.54) is 0 Å². The van der Waals surface area contributed by atoms with Crippen LogP contribution in [0.4, 0.5) is 0 Å². The lowest BCUT2D eigenvalue weighted by molar-refractivity contribution is 0.0955. The molecule has 0 radical (unpaired) electrons. The van der Waals surface area contributed by atoms with Gasteiger partial charge in [0.2, 0.25) is 0 Å². The number of hydrogen-bond donors (Lipinski definition) is 1. The Labute approximate surface area is 147 Å². The van der Waals surface area contributed by atoms with Crippen molar-refractivity contribution in [2.75, 3.05) is 0 Å². The van der Waals surface area contributed by atoms with E-state index >= 15 is 0 Å².